The SMILES string of the molecule is CCS(=O)(=O)C1=NSC2=NC(=O)/C(=C\c3ccc(OCCOc4cccc(OC)c4)c(Cl)c3)C(=N)N21. The van der Waals surface area contributed by atoms with Crippen LogP contribution in [0.25, 0.3) is 6.08 Å². The third-order valence-electron chi connectivity index (χ3n) is 5.07. The van der Waals surface area contributed by atoms with Crippen LogP contribution in [0.1, 0.15) is 12.5 Å². The van der Waals surface area contributed by atoms with Crippen LogP contribution in [0.2, 0.25) is 5.02 Å². The molecule has 0 fully saturated rings. The van der Waals surface area contributed by atoms with Gasteiger partial charge < -0.3 is 14.2 Å². The van der Waals surface area contributed by atoms with Crippen molar-refractivity contribution in [3.8, 4) is 17.2 Å². The maximum Gasteiger partial charge on any atom is 0.283 e. The predicted octanol–water partition coefficient (Wildman–Crippen LogP) is 3.82. The quantitative estimate of drug-likeness (QED) is 0.299. The minimum absolute atomic E-state index is 0.0344. The normalized spacial score (nSPS) is 16.5. The number of methoxy groups -OCH3 is 1. The molecule has 13 heteroatoms. The highest BCUT2D eigenvalue weighted by atomic mass is 35.5. The number of fused-ring (bicyclic) bond motifs is 1. The molecule has 0 atom stereocenters. The van der Waals surface area contributed by atoms with Crippen LogP contribution in [-0.4, -0.2) is 61.5 Å². The smallest absolute Gasteiger partial charge is 0.283 e. The lowest BCUT2D eigenvalue weighted by Gasteiger charge is -2.24. The number of rotatable bonds is 8. The van der Waals surface area contributed by atoms with E-state index >= 15 is 0 Å². The van der Waals surface area contributed by atoms with Gasteiger partial charge in [0.05, 0.1) is 35.4 Å². The van der Waals surface area contributed by atoms with Gasteiger partial charge in [0, 0.05) is 6.07 Å². The number of sulfone groups is 1. The van der Waals surface area contributed by atoms with Crippen LogP contribution in [0.4, 0.5) is 0 Å². The molecule has 36 heavy (non-hydrogen) atoms. The molecule has 188 valence electrons. The number of amides is 1. The first-order chi connectivity index (χ1) is 17.2. The van der Waals surface area contributed by atoms with Crippen molar-refractivity contribution >= 4 is 61.5 Å². The van der Waals surface area contributed by atoms with Crippen molar-refractivity contribution in [2.75, 3.05) is 26.1 Å². The maximum absolute atomic E-state index is 12.5. The summed E-state index contributed by atoms with van der Waals surface area (Å²) in [5.41, 5.74) is 0.423. The number of hydrogen-bond acceptors (Lipinski definition) is 9. The number of nitrogens with zero attached hydrogens (tertiary/aromatic N) is 3. The van der Waals surface area contributed by atoms with Gasteiger partial charge in [0.15, 0.2) is 0 Å². The van der Waals surface area contributed by atoms with Crippen LogP contribution in [-0.2, 0) is 14.6 Å². The van der Waals surface area contributed by atoms with Crippen LogP contribution in [0.15, 0.2) is 57.4 Å². The van der Waals surface area contributed by atoms with E-state index in [1.54, 1.807) is 31.4 Å². The Labute approximate surface area is 217 Å². The number of benzene rings is 2. The van der Waals surface area contributed by atoms with Gasteiger partial charge in [-0.2, -0.15) is 9.39 Å². The van der Waals surface area contributed by atoms with Crippen molar-refractivity contribution in [2.45, 2.75) is 6.92 Å². The zero-order valence-electron chi connectivity index (χ0n) is 19.2. The number of hydrogen-bond donors (Lipinski definition) is 1. The highest BCUT2D eigenvalue weighted by Gasteiger charge is 2.42. The first kappa shape index (κ1) is 25.7. The lowest BCUT2D eigenvalue weighted by atomic mass is 10.1. The number of nitrogens with one attached hydrogen (secondary N) is 1. The summed E-state index contributed by atoms with van der Waals surface area (Å²) >= 11 is 7.10. The highest BCUT2D eigenvalue weighted by molar-refractivity contribution is 8.16. The second-order valence-electron chi connectivity index (χ2n) is 7.38. The summed E-state index contributed by atoms with van der Waals surface area (Å²) < 4.78 is 45.1. The van der Waals surface area contributed by atoms with E-state index in [1.165, 1.54) is 13.0 Å². The Balaban J connectivity index is 1.44. The molecular weight excluding hydrogens is 528 g/mol. The summed E-state index contributed by atoms with van der Waals surface area (Å²) in [6, 6.07) is 12.1. The number of aliphatic imine (C=N–C) groups is 1. The van der Waals surface area contributed by atoms with Gasteiger partial charge in [0.25, 0.3) is 5.91 Å². The summed E-state index contributed by atoms with van der Waals surface area (Å²) in [7, 11) is -2.14. The monoisotopic (exact) mass is 548 g/mol. The average Bonchev–Trinajstić information content (AvgIpc) is 3.30. The maximum atomic E-state index is 12.5. The molecule has 2 aliphatic rings. The second kappa shape index (κ2) is 10.7. The molecule has 0 spiro atoms. The zero-order valence-corrected chi connectivity index (χ0v) is 21.6. The minimum atomic E-state index is -3.72. The Kier molecular flexibility index (Phi) is 7.67. The van der Waals surface area contributed by atoms with E-state index in [1.807, 2.05) is 18.2 Å². The van der Waals surface area contributed by atoms with Gasteiger partial charge in [0.2, 0.25) is 20.2 Å². The molecule has 0 saturated carbocycles. The lowest BCUT2D eigenvalue weighted by molar-refractivity contribution is -0.114. The number of halogens is 1. The fourth-order valence-electron chi connectivity index (χ4n) is 3.22. The van der Waals surface area contributed by atoms with E-state index in [2.05, 4.69) is 9.39 Å². The summed E-state index contributed by atoms with van der Waals surface area (Å²) in [5, 5.41) is 8.47. The Morgan fingerprint density at radius 3 is 2.61 bits per heavy atom. The summed E-state index contributed by atoms with van der Waals surface area (Å²) in [4.78, 5) is 17.5. The molecule has 2 aromatic carbocycles. The van der Waals surface area contributed by atoms with E-state index < -0.39 is 15.7 Å². The molecule has 0 bridgehead atoms. The second-order valence-corrected chi connectivity index (χ2v) is 10.7. The molecule has 1 N–H and O–H groups in total. The van der Waals surface area contributed by atoms with Crippen molar-refractivity contribution in [1.29, 1.82) is 5.41 Å². The standard InChI is InChI=1S/C23H21ClN4O6S2/c1-3-36(30,31)23-27-35-22-26-21(29)17(20(25)28(22)23)11-14-7-8-19(18(24)12-14)34-10-9-33-16-6-4-5-15(13-16)32-2/h4-8,11-13,25H,3,9-10H2,1-2H3/b17-11-,25-20?. The van der Waals surface area contributed by atoms with Gasteiger partial charge in [-0.25, -0.2) is 13.3 Å². The molecule has 0 radical (unpaired) electrons. The summed E-state index contributed by atoms with van der Waals surface area (Å²) in [6.07, 6.45) is 1.42. The molecule has 4 rings (SSSR count). The van der Waals surface area contributed by atoms with Crippen LogP contribution in [0.3, 0.4) is 0 Å². The highest BCUT2D eigenvalue weighted by Crippen LogP contribution is 2.31. The molecule has 0 saturated heterocycles. The van der Waals surface area contributed by atoms with Gasteiger partial charge in [-0.15, -0.1) is 0 Å². The Morgan fingerprint density at radius 1 is 1.14 bits per heavy atom. The molecule has 2 heterocycles. The van der Waals surface area contributed by atoms with E-state index in [4.69, 9.17) is 31.2 Å². The van der Waals surface area contributed by atoms with Gasteiger partial charge in [-0.05, 0) is 35.9 Å². The molecular formula is C23H21ClN4O6S2. The molecule has 0 unspecified atom stereocenters. The average molecular weight is 549 g/mol. The molecule has 1 amide bonds. The summed E-state index contributed by atoms with van der Waals surface area (Å²) in [5.74, 6) is 0.558. The molecule has 0 aliphatic carbocycles. The van der Waals surface area contributed by atoms with E-state index in [0.29, 0.717) is 22.8 Å². The van der Waals surface area contributed by atoms with Gasteiger partial charge in [-0.1, -0.05) is 30.7 Å². The third kappa shape index (κ3) is 5.40. The molecule has 10 nitrogen and oxygen atoms in total. The number of carbonyl (C=O) groups is 1. The van der Waals surface area contributed by atoms with Crippen molar-refractivity contribution < 1.29 is 27.4 Å². The van der Waals surface area contributed by atoms with Gasteiger partial charge >= 0.3 is 0 Å². The van der Waals surface area contributed by atoms with Crippen molar-refractivity contribution in [3.05, 3.63) is 58.6 Å². The number of amidine groups is 3. The topological polar surface area (TPSA) is 131 Å². The minimum Gasteiger partial charge on any atom is -0.497 e. The largest absolute Gasteiger partial charge is 0.497 e. The Morgan fingerprint density at radius 2 is 1.89 bits per heavy atom. The Hall–Kier alpha value is -3.35. The van der Waals surface area contributed by atoms with E-state index in [9.17, 15) is 13.2 Å². The molecule has 2 aromatic rings. The van der Waals surface area contributed by atoms with Crippen molar-refractivity contribution in [1.82, 2.24) is 4.90 Å². The fraction of sp³-hybridized carbons (Fsp3) is 0.217. The van der Waals surface area contributed by atoms with Crippen LogP contribution < -0.4 is 14.2 Å². The number of carbonyl (C=O) groups excluding carboxylic acids is 1. The van der Waals surface area contributed by atoms with Crippen molar-refractivity contribution in [2.24, 2.45) is 9.39 Å². The fourth-order valence-corrected chi connectivity index (χ4v) is 5.43. The Bertz CT molecular complexity index is 1420. The lowest BCUT2D eigenvalue weighted by Crippen LogP contribution is -2.45. The predicted molar refractivity (Wildman–Crippen MR) is 140 cm³/mol. The van der Waals surface area contributed by atoms with Gasteiger partial charge in [-0.3, -0.25) is 10.2 Å². The third-order valence-corrected chi connectivity index (χ3v) is 7.77. The van der Waals surface area contributed by atoms with Gasteiger partial charge in [0.1, 0.15) is 36.3 Å². The van der Waals surface area contributed by atoms with Crippen LogP contribution >= 0.6 is 23.5 Å². The van der Waals surface area contributed by atoms with Crippen molar-refractivity contribution in [3.63, 3.8) is 0 Å². The first-order valence-electron chi connectivity index (χ1n) is 10.6. The number of ether oxygens (including phenoxy) is 3. The molecule has 0 aromatic heterocycles. The van der Waals surface area contributed by atoms with Crippen LogP contribution in [0, 0.1) is 5.41 Å². The summed E-state index contributed by atoms with van der Waals surface area (Å²) in [6.45, 7) is 1.99. The van der Waals surface area contributed by atoms with Crippen LogP contribution in [0.5, 0.6) is 17.2 Å². The van der Waals surface area contributed by atoms with E-state index in [0.717, 1.165) is 16.8 Å². The zero-order chi connectivity index (χ0) is 25.9. The molecule has 2 aliphatic heterocycles. The van der Waals surface area contributed by atoms with E-state index in [-0.39, 0.29) is 45.7 Å². The first-order valence-corrected chi connectivity index (χ1v) is 13.4.